The predicted molar refractivity (Wildman–Crippen MR) is 89.9 cm³/mol. The lowest BCUT2D eigenvalue weighted by atomic mass is 10.0. The second-order valence-corrected chi connectivity index (χ2v) is 6.45. The van der Waals surface area contributed by atoms with Crippen LogP contribution in [0.15, 0.2) is 39.5 Å². The standard InChI is InChI=1S/C15H19Br2N3/c1-3-7-18-15(11-9-19-20(4-2)10-11)13-8-12(16)5-6-14(13)17/h5-6,8-10,15,18H,3-4,7H2,1-2H3. The zero-order chi connectivity index (χ0) is 14.5. The first-order valence-corrected chi connectivity index (χ1v) is 8.45. The minimum Gasteiger partial charge on any atom is -0.306 e. The van der Waals surface area contributed by atoms with E-state index in [1.165, 1.54) is 11.1 Å². The number of aryl methyl sites for hydroxylation is 1. The van der Waals surface area contributed by atoms with Crippen molar-refractivity contribution in [2.45, 2.75) is 32.9 Å². The molecule has 108 valence electrons. The number of nitrogens with zero attached hydrogens (tertiary/aromatic N) is 2. The monoisotopic (exact) mass is 399 g/mol. The summed E-state index contributed by atoms with van der Waals surface area (Å²) in [4.78, 5) is 0. The van der Waals surface area contributed by atoms with Crippen LogP contribution in [0, 0.1) is 0 Å². The number of nitrogens with one attached hydrogen (secondary N) is 1. The van der Waals surface area contributed by atoms with Crippen molar-refractivity contribution < 1.29 is 0 Å². The summed E-state index contributed by atoms with van der Waals surface area (Å²) in [5.74, 6) is 0. The van der Waals surface area contributed by atoms with Gasteiger partial charge in [0.05, 0.1) is 12.2 Å². The molecule has 0 aliphatic carbocycles. The second-order valence-electron chi connectivity index (χ2n) is 4.68. The first-order chi connectivity index (χ1) is 9.65. The normalized spacial score (nSPS) is 12.6. The smallest absolute Gasteiger partial charge is 0.0619 e. The molecule has 20 heavy (non-hydrogen) atoms. The molecule has 0 fully saturated rings. The van der Waals surface area contributed by atoms with Gasteiger partial charge in [0.15, 0.2) is 0 Å². The molecule has 1 atom stereocenters. The van der Waals surface area contributed by atoms with Crippen LogP contribution in [-0.2, 0) is 6.54 Å². The fraction of sp³-hybridized carbons (Fsp3) is 0.400. The fourth-order valence-corrected chi connectivity index (χ4v) is 2.99. The van der Waals surface area contributed by atoms with Gasteiger partial charge in [0.1, 0.15) is 0 Å². The lowest BCUT2D eigenvalue weighted by Gasteiger charge is -2.19. The highest BCUT2D eigenvalue weighted by molar-refractivity contribution is 9.11. The van der Waals surface area contributed by atoms with E-state index in [1.54, 1.807) is 0 Å². The highest BCUT2D eigenvalue weighted by Gasteiger charge is 2.18. The molecule has 3 nitrogen and oxygen atoms in total. The molecule has 1 aromatic heterocycles. The van der Waals surface area contributed by atoms with E-state index in [0.717, 1.165) is 28.5 Å². The molecular weight excluding hydrogens is 382 g/mol. The Morgan fingerprint density at radius 2 is 2.10 bits per heavy atom. The van der Waals surface area contributed by atoms with Crippen LogP contribution in [0.25, 0.3) is 0 Å². The first-order valence-electron chi connectivity index (χ1n) is 6.86. The Bertz CT molecular complexity index is 566. The number of hydrogen-bond donors (Lipinski definition) is 1. The Morgan fingerprint density at radius 3 is 2.75 bits per heavy atom. The lowest BCUT2D eigenvalue weighted by Crippen LogP contribution is -2.23. The van der Waals surface area contributed by atoms with Gasteiger partial charge in [-0.2, -0.15) is 5.10 Å². The van der Waals surface area contributed by atoms with E-state index >= 15 is 0 Å². The molecule has 2 aromatic rings. The molecule has 1 N–H and O–H groups in total. The van der Waals surface area contributed by atoms with E-state index in [2.05, 4.69) is 74.5 Å². The third kappa shape index (κ3) is 3.71. The Morgan fingerprint density at radius 1 is 1.30 bits per heavy atom. The summed E-state index contributed by atoms with van der Waals surface area (Å²) in [6.07, 6.45) is 5.16. The molecule has 5 heteroatoms. The molecule has 0 bridgehead atoms. The van der Waals surface area contributed by atoms with Crippen molar-refractivity contribution in [1.29, 1.82) is 0 Å². The third-order valence-corrected chi connectivity index (χ3v) is 4.39. The minimum atomic E-state index is 0.155. The fourth-order valence-electron chi connectivity index (χ4n) is 2.13. The topological polar surface area (TPSA) is 29.9 Å². The van der Waals surface area contributed by atoms with Gasteiger partial charge in [-0.15, -0.1) is 0 Å². The number of hydrogen-bond acceptors (Lipinski definition) is 2. The van der Waals surface area contributed by atoms with Crippen molar-refractivity contribution in [2.75, 3.05) is 6.54 Å². The van der Waals surface area contributed by atoms with Gasteiger partial charge in [-0.25, -0.2) is 0 Å². The summed E-state index contributed by atoms with van der Waals surface area (Å²) < 4.78 is 4.16. The maximum Gasteiger partial charge on any atom is 0.0619 e. The average Bonchev–Trinajstić information content (AvgIpc) is 2.92. The van der Waals surface area contributed by atoms with Crippen molar-refractivity contribution in [1.82, 2.24) is 15.1 Å². The maximum atomic E-state index is 4.39. The number of benzene rings is 1. The summed E-state index contributed by atoms with van der Waals surface area (Å²) in [5, 5.41) is 7.99. The van der Waals surface area contributed by atoms with Crippen molar-refractivity contribution >= 4 is 31.9 Å². The first kappa shape index (κ1) is 15.7. The Labute approximate surface area is 137 Å². The minimum absolute atomic E-state index is 0.155. The summed E-state index contributed by atoms with van der Waals surface area (Å²) in [7, 11) is 0. The molecule has 0 radical (unpaired) electrons. The molecule has 1 unspecified atom stereocenters. The van der Waals surface area contributed by atoms with Crippen molar-refractivity contribution in [3.63, 3.8) is 0 Å². The molecule has 0 amide bonds. The van der Waals surface area contributed by atoms with E-state index in [0.29, 0.717) is 0 Å². The quantitative estimate of drug-likeness (QED) is 0.772. The molecule has 1 aromatic carbocycles. The van der Waals surface area contributed by atoms with Gasteiger partial charge in [-0.3, -0.25) is 4.68 Å². The van der Waals surface area contributed by atoms with Crippen LogP contribution in [0.2, 0.25) is 0 Å². The Balaban J connectivity index is 2.38. The largest absolute Gasteiger partial charge is 0.306 e. The van der Waals surface area contributed by atoms with E-state index < -0.39 is 0 Å². The summed E-state index contributed by atoms with van der Waals surface area (Å²) in [6, 6.07) is 6.42. The summed E-state index contributed by atoms with van der Waals surface area (Å²) >= 11 is 7.21. The van der Waals surface area contributed by atoms with Crippen LogP contribution in [0.3, 0.4) is 0 Å². The van der Waals surface area contributed by atoms with Crippen LogP contribution < -0.4 is 5.32 Å². The zero-order valence-electron chi connectivity index (χ0n) is 11.7. The van der Waals surface area contributed by atoms with Gasteiger partial charge in [0.25, 0.3) is 0 Å². The van der Waals surface area contributed by atoms with Gasteiger partial charge >= 0.3 is 0 Å². The molecule has 0 spiro atoms. The molecule has 0 saturated heterocycles. The Kier molecular flexibility index (Phi) is 5.81. The summed E-state index contributed by atoms with van der Waals surface area (Å²) in [5.41, 5.74) is 2.42. The zero-order valence-corrected chi connectivity index (χ0v) is 14.9. The predicted octanol–water partition coefficient (Wildman–Crippen LogP) is 4.52. The number of rotatable bonds is 6. The average molecular weight is 401 g/mol. The number of halogens is 2. The van der Waals surface area contributed by atoms with E-state index in [4.69, 9.17) is 0 Å². The van der Waals surface area contributed by atoms with Crippen LogP contribution in [0.4, 0.5) is 0 Å². The third-order valence-electron chi connectivity index (χ3n) is 3.18. The van der Waals surface area contributed by atoms with Crippen molar-refractivity contribution in [3.8, 4) is 0 Å². The highest BCUT2D eigenvalue weighted by Crippen LogP contribution is 2.31. The lowest BCUT2D eigenvalue weighted by molar-refractivity contribution is 0.594. The van der Waals surface area contributed by atoms with Crippen LogP contribution >= 0.6 is 31.9 Å². The van der Waals surface area contributed by atoms with Crippen LogP contribution in [-0.4, -0.2) is 16.3 Å². The molecular formula is C15H19Br2N3. The molecule has 0 aliphatic rings. The molecule has 1 heterocycles. The van der Waals surface area contributed by atoms with Gasteiger partial charge in [-0.1, -0.05) is 38.8 Å². The van der Waals surface area contributed by atoms with Gasteiger partial charge < -0.3 is 5.32 Å². The summed E-state index contributed by atoms with van der Waals surface area (Å²) in [6.45, 7) is 6.14. The van der Waals surface area contributed by atoms with Gasteiger partial charge in [0.2, 0.25) is 0 Å². The second kappa shape index (κ2) is 7.38. The van der Waals surface area contributed by atoms with Gasteiger partial charge in [-0.05, 0) is 43.7 Å². The van der Waals surface area contributed by atoms with Crippen molar-refractivity contribution in [2.24, 2.45) is 0 Å². The van der Waals surface area contributed by atoms with Crippen LogP contribution in [0.1, 0.15) is 37.4 Å². The highest BCUT2D eigenvalue weighted by atomic mass is 79.9. The van der Waals surface area contributed by atoms with Gasteiger partial charge in [0, 0.05) is 27.3 Å². The van der Waals surface area contributed by atoms with E-state index in [1.807, 2.05) is 16.9 Å². The van der Waals surface area contributed by atoms with Crippen molar-refractivity contribution in [3.05, 3.63) is 50.7 Å². The molecule has 2 rings (SSSR count). The van der Waals surface area contributed by atoms with E-state index in [-0.39, 0.29) is 6.04 Å². The molecule has 0 saturated carbocycles. The van der Waals surface area contributed by atoms with E-state index in [9.17, 15) is 0 Å². The molecule has 0 aliphatic heterocycles. The maximum absolute atomic E-state index is 4.39. The number of aromatic nitrogens is 2. The Hall–Kier alpha value is -0.650. The van der Waals surface area contributed by atoms with Crippen LogP contribution in [0.5, 0.6) is 0 Å². The SMILES string of the molecule is CCCNC(c1cnn(CC)c1)c1cc(Br)ccc1Br.